The van der Waals surface area contributed by atoms with E-state index in [-0.39, 0.29) is 6.54 Å². The average molecular weight is 695 g/mol. The highest BCUT2D eigenvalue weighted by Crippen LogP contribution is 2.55. The largest absolute Gasteiger partial charge is 0.387 e. The molecule has 1 aromatic heterocycles. The zero-order chi connectivity index (χ0) is 35.1. The fraction of sp³-hybridized carbons (Fsp3) is 0.655. The zero-order valence-electron chi connectivity index (χ0n) is 27.6. The van der Waals surface area contributed by atoms with E-state index >= 15 is 0 Å². The first-order valence-electron chi connectivity index (χ1n) is 15.4. The number of hydrogen-bond donors (Lipinski definition) is 5. The molecule has 0 spiro atoms. The van der Waals surface area contributed by atoms with Crippen LogP contribution in [0.5, 0.6) is 0 Å². The molecule has 1 aliphatic heterocycles. The van der Waals surface area contributed by atoms with E-state index in [0.29, 0.717) is 5.56 Å². The molecule has 5 N–H and O–H groups in total. The predicted octanol–water partition coefficient (Wildman–Crippen LogP) is 1.71. The van der Waals surface area contributed by atoms with Gasteiger partial charge in [-0.25, -0.2) is 4.79 Å². The number of benzene rings is 1. The summed E-state index contributed by atoms with van der Waals surface area (Å²) in [5, 5.41) is 20.5. The molecule has 2 heterocycles. The fourth-order valence-electron chi connectivity index (χ4n) is 4.54. The van der Waals surface area contributed by atoms with Crippen LogP contribution in [0.25, 0.3) is 0 Å². The molecule has 17 heteroatoms. The van der Waals surface area contributed by atoms with Crippen LogP contribution in [-0.2, 0) is 24.9 Å². The van der Waals surface area contributed by atoms with Crippen LogP contribution in [0.2, 0.25) is 0 Å². The summed E-state index contributed by atoms with van der Waals surface area (Å²) in [4.78, 5) is 57.0. The highest BCUT2D eigenvalue weighted by molar-refractivity contribution is 7.70. The minimum Gasteiger partial charge on any atom is -0.387 e. The van der Waals surface area contributed by atoms with Crippen LogP contribution in [0, 0.1) is 0 Å². The van der Waals surface area contributed by atoms with Crippen LogP contribution in [0.4, 0.5) is 0 Å². The van der Waals surface area contributed by atoms with Crippen LogP contribution in [0.15, 0.2) is 52.2 Å². The Labute approximate surface area is 270 Å². The van der Waals surface area contributed by atoms with Crippen LogP contribution in [0.3, 0.4) is 0 Å². The second kappa shape index (κ2) is 20.4. The Morgan fingerprint density at radius 3 is 1.74 bits per heavy atom. The second-order valence-corrected chi connectivity index (χ2v) is 14.4. The van der Waals surface area contributed by atoms with E-state index in [0.717, 1.165) is 21.4 Å². The molecular formula is C29H52N4O11P2. The highest BCUT2D eigenvalue weighted by atomic mass is 31.2. The molecule has 2 aromatic rings. The van der Waals surface area contributed by atoms with Gasteiger partial charge in [0.25, 0.3) is 5.56 Å². The Kier molecular flexibility index (Phi) is 18.6. The first kappa shape index (κ1) is 42.0. The van der Waals surface area contributed by atoms with Crippen LogP contribution in [0.1, 0.15) is 53.3 Å². The number of nitrogens with zero attached hydrogens (tertiary/aromatic N) is 4. The molecule has 0 saturated carbocycles. The molecule has 1 fully saturated rings. The summed E-state index contributed by atoms with van der Waals surface area (Å²) in [5.41, 5.74) is -0.748. The molecule has 264 valence electrons. The van der Waals surface area contributed by atoms with Gasteiger partial charge >= 0.3 is 20.9 Å². The van der Waals surface area contributed by atoms with E-state index in [9.17, 15) is 33.8 Å². The normalized spacial score (nSPS) is 20.9. The lowest BCUT2D eigenvalue weighted by Gasteiger charge is -2.19. The molecule has 1 aromatic carbocycles. The molecule has 1 saturated heterocycles. The Morgan fingerprint density at radius 2 is 1.30 bits per heavy atom. The van der Waals surface area contributed by atoms with E-state index < -0.39 is 63.5 Å². The lowest BCUT2D eigenvalue weighted by atomic mass is 10.1. The Hall–Kier alpha value is -2.00. The topological polar surface area (TPSA) is 204 Å². The van der Waals surface area contributed by atoms with E-state index in [1.807, 2.05) is 0 Å². The van der Waals surface area contributed by atoms with Crippen molar-refractivity contribution in [2.45, 2.75) is 72.6 Å². The van der Waals surface area contributed by atoms with Gasteiger partial charge in [0, 0.05) is 12.3 Å². The molecule has 15 nitrogen and oxygen atoms in total. The maximum absolute atomic E-state index is 12.9. The van der Waals surface area contributed by atoms with Gasteiger partial charge in [-0.1, -0.05) is 71.9 Å². The van der Waals surface area contributed by atoms with Crippen molar-refractivity contribution in [1.82, 2.24) is 18.9 Å². The van der Waals surface area contributed by atoms with Gasteiger partial charge in [0.15, 0.2) is 12.1 Å². The number of aromatic nitrogens is 2. The zero-order valence-corrected chi connectivity index (χ0v) is 29.4. The predicted molar refractivity (Wildman–Crippen MR) is 176 cm³/mol. The molecule has 0 amide bonds. The maximum Gasteiger partial charge on any atom is 0.340 e. The van der Waals surface area contributed by atoms with Crippen LogP contribution in [-0.4, -0.2) is 114 Å². The summed E-state index contributed by atoms with van der Waals surface area (Å²) in [6.07, 6.45) is -5.08. The summed E-state index contributed by atoms with van der Waals surface area (Å²) in [6, 6.07) is 9.75. The number of aliphatic hydroxyl groups is 2. The second-order valence-electron chi connectivity index (χ2n) is 10.4. The molecule has 3 rings (SSSR count). The monoisotopic (exact) mass is 694 g/mol. The fourth-order valence-corrected chi connectivity index (χ4v) is 7.11. The first-order valence-corrected chi connectivity index (χ1v) is 19.0. The van der Waals surface area contributed by atoms with Gasteiger partial charge < -0.3 is 44.0 Å². The van der Waals surface area contributed by atoms with Gasteiger partial charge in [0.1, 0.15) is 18.3 Å². The maximum atomic E-state index is 12.9. The van der Waals surface area contributed by atoms with E-state index in [4.69, 9.17) is 14.5 Å². The van der Waals surface area contributed by atoms with Gasteiger partial charge in [-0.05, 0) is 44.8 Å². The summed E-state index contributed by atoms with van der Waals surface area (Å²) in [6.45, 7) is 19.4. The highest BCUT2D eigenvalue weighted by Gasteiger charge is 2.45. The Bertz CT molecular complexity index is 1340. The molecular weight excluding hydrogens is 642 g/mol. The standard InChI is InChI=1S/C17H22N2O11P2.2C6H15N/c20-13-6-7-18(17(23)19(13)8-11-4-2-1-3-5-11)16-15(22)14(21)12(30-16)9-29-32(27,28)10-31(24,25)26;2*1-4-7(5-2)6-3/h1-7,12,14-16,21-22H,8-10H2,(H,27,28)(H2,24,25,26);2*4-6H2,1-3H3/t12-,14-,15-,16-;;/m1../s1. The van der Waals surface area contributed by atoms with Gasteiger partial charge in [0.2, 0.25) is 0 Å². The van der Waals surface area contributed by atoms with Crippen LogP contribution >= 0.6 is 15.2 Å². The van der Waals surface area contributed by atoms with Gasteiger partial charge in [-0.2, -0.15) is 0 Å². The van der Waals surface area contributed by atoms with Crippen molar-refractivity contribution >= 4 is 15.2 Å². The van der Waals surface area contributed by atoms with Crippen molar-refractivity contribution in [1.29, 1.82) is 0 Å². The lowest BCUT2D eigenvalue weighted by molar-refractivity contribution is -0.0530. The molecule has 46 heavy (non-hydrogen) atoms. The van der Waals surface area contributed by atoms with E-state index in [1.54, 1.807) is 30.3 Å². The SMILES string of the molecule is CCN(CC)CC.CCN(CC)CC.O=c1ccn([C@@H]2O[C@H](COP(=O)(O)CP(=O)(O)O)[C@@H](O)[C@H]2O)c(=O)n1Cc1ccccc1. The molecule has 0 aliphatic carbocycles. The van der Waals surface area contributed by atoms with Crippen molar-refractivity contribution in [2.24, 2.45) is 0 Å². The Morgan fingerprint density at radius 1 is 0.804 bits per heavy atom. The number of ether oxygens (including phenoxy) is 1. The van der Waals surface area contributed by atoms with Gasteiger partial charge in [0.05, 0.1) is 13.2 Å². The van der Waals surface area contributed by atoms with Crippen molar-refractivity contribution in [3.8, 4) is 0 Å². The third-order valence-corrected chi connectivity index (χ3v) is 10.8. The third-order valence-electron chi connectivity index (χ3n) is 7.38. The first-order chi connectivity index (χ1) is 21.6. The summed E-state index contributed by atoms with van der Waals surface area (Å²) in [5.74, 6) is -1.43. The van der Waals surface area contributed by atoms with E-state index in [1.165, 1.54) is 39.3 Å². The molecule has 0 bridgehead atoms. The van der Waals surface area contributed by atoms with Crippen molar-refractivity contribution in [3.05, 3.63) is 69.0 Å². The Balaban J connectivity index is 0.000000629. The number of hydrogen-bond acceptors (Lipinski definition) is 10. The minimum absolute atomic E-state index is 0.0483. The van der Waals surface area contributed by atoms with Gasteiger partial charge in [-0.3, -0.25) is 23.1 Å². The van der Waals surface area contributed by atoms with Crippen molar-refractivity contribution in [2.75, 3.05) is 51.8 Å². The molecule has 5 atom stereocenters. The summed E-state index contributed by atoms with van der Waals surface area (Å²) in [7, 11) is -9.57. The van der Waals surface area contributed by atoms with E-state index in [2.05, 4.69) is 55.9 Å². The van der Waals surface area contributed by atoms with Gasteiger partial charge in [-0.15, -0.1) is 0 Å². The smallest absolute Gasteiger partial charge is 0.340 e. The van der Waals surface area contributed by atoms with Crippen molar-refractivity contribution in [3.63, 3.8) is 0 Å². The molecule has 0 radical (unpaired) electrons. The van der Waals surface area contributed by atoms with Crippen LogP contribution < -0.4 is 11.2 Å². The summed E-state index contributed by atoms with van der Waals surface area (Å²) >= 11 is 0. The number of rotatable bonds is 14. The quantitative estimate of drug-likeness (QED) is 0.179. The van der Waals surface area contributed by atoms with Crippen molar-refractivity contribution < 1.29 is 43.3 Å². The lowest BCUT2D eigenvalue weighted by Crippen LogP contribution is -2.43. The summed E-state index contributed by atoms with van der Waals surface area (Å²) < 4.78 is 34.5. The minimum atomic E-state index is -4.85. The molecule has 1 aliphatic rings. The third kappa shape index (κ3) is 14.0. The average Bonchev–Trinajstić information content (AvgIpc) is 3.29. The number of aliphatic hydroxyl groups excluding tert-OH is 2. The molecule has 1 unspecified atom stereocenters.